The monoisotopic (exact) mass is 336 g/mol. The number of hydrogen-bond donors (Lipinski definition) is 1. The van der Waals surface area contributed by atoms with Crippen molar-refractivity contribution in [2.24, 2.45) is 0 Å². The smallest absolute Gasteiger partial charge is 0.279 e. The Morgan fingerprint density at radius 2 is 1.71 bits per heavy atom. The molecule has 21 heavy (non-hydrogen) atoms. The summed E-state index contributed by atoms with van der Waals surface area (Å²) in [6.45, 7) is 0. The molecule has 0 radical (unpaired) electrons. The zero-order chi connectivity index (χ0) is 15.7. The minimum absolute atomic E-state index is 0.0773. The molecule has 0 bridgehead atoms. The molecule has 9 heteroatoms. The van der Waals surface area contributed by atoms with Crippen LogP contribution in [0, 0.1) is 0 Å². The molecule has 2 aromatic rings. The molecule has 1 aromatic carbocycles. The van der Waals surface area contributed by atoms with Gasteiger partial charge >= 0.3 is 6.18 Å². The van der Waals surface area contributed by atoms with Crippen LogP contribution in [-0.2, 0) is 16.2 Å². The molecule has 0 aliphatic rings. The lowest BCUT2D eigenvalue weighted by Gasteiger charge is -2.11. The number of benzene rings is 1. The van der Waals surface area contributed by atoms with Gasteiger partial charge in [-0.1, -0.05) is 29.8 Å². The Bertz CT molecular complexity index is 749. The van der Waals surface area contributed by atoms with E-state index in [0.29, 0.717) is 6.07 Å². The van der Waals surface area contributed by atoms with Crippen molar-refractivity contribution in [2.75, 3.05) is 4.72 Å². The SMILES string of the molecule is O=S(=O)(Nc1cc(Cl)nc(C(F)(F)F)c1)c1ccccc1. The van der Waals surface area contributed by atoms with E-state index >= 15 is 0 Å². The van der Waals surface area contributed by atoms with E-state index in [1.54, 1.807) is 6.07 Å². The summed E-state index contributed by atoms with van der Waals surface area (Å²) in [6, 6.07) is 8.81. The second-order valence-corrected chi connectivity index (χ2v) is 6.05. The van der Waals surface area contributed by atoms with Gasteiger partial charge in [-0.2, -0.15) is 13.2 Å². The van der Waals surface area contributed by atoms with Gasteiger partial charge in [-0.05, 0) is 24.3 Å². The molecule has 1 aromatic heterocycles. The predicted molar refractivity (Wildman–Crippen MR) is 71.5 cm³/mol. The molecule has 112 valence electrons. The summed E-state index contributed by atoms with van der Waals surface area (Å²) in [5.74, 6) is 0. The summed E-state index contributed by atoms with van der Waals surface area (Å²) < 4.78 is 63.9. The van der Waals surface area contributed by atoms with Crippen molar-refractivity contribution < 1.29 is 21.6 Å². The van der Waals surface area contributed by atoms with E-state index < -0.39 is 27.0 Å². The fourth-order valence-electron chi connectivity index (χ4n) is 1.51. The molecule has 0 saturated carbocycles. The first-order valence-corrected chi connectivity index (χ1v) is 7.37. The van der Waals surface area contributed by atoms with Gasteiger partial charge in [0.15, 0.2) is 0 Å². The lowest BCUT2D eigenvalue weighted by molar-refractivity contribution is -0.141. The molecule has 0 atom stereocenters. The van der Waals surface area contributed by atoms with Crippen LogP contribution in [0.4, 0.5) is 18.9 Å². The van der Waals surface area contributed by atoms with E-state index in [9.17, 15) is 21.6 Å². The van der Waals surface area contributed by atoms with Crippen molar-refractivity contribution in [3.05, 3.63) is 53.3 Å². The Balaban J connectivity index is 2.38. The Morgan fingerprint density at radius 1 is 1.10 bits per heavy atom. The Hall–Kier alpha value is -1.80. The molecule has 0 spiro atoms. The number of sulfonamides is 1. The van der Waals surface area contributed by atoms with E-state index in [-0.39, 0.29) is 10.6 Å². The third kappa shape index (κ3) is 3.85. The highest BCUT2D eigenvalue weighted by Crippen LogP contribution is 2.31. The average molecular weight is 337 g/mol. The molecule has 0 amide bonds. The van der Waals surface area contributed by atoms with Gasteiger partial charge in [-0.3, -0.25) is 4.72 Å². The normalized spacial score (nSPS) is 12.2. The van der Waals surface area contributed by atoms with Gasteiger partial charge < -0.3 is 0 Å². The maximum atomic E-state index is 12.6. The summed E-state index contributed by atoms with van der Waals surface area (Å²) in [6.07, 6.45) is -4.72. The number of hydrogen-bond acceptors (Lipinski definition) is 3. The van der Waals surface area contributed by atoms with Gasteiger partial charge in [0.25, 0.3) is 10.0 Å². The molecule has 1 N–H and O–H groups in total. The Labute approximate surface area is 123 Å². The Kier molecular flexibility index (Phi) is 4.11. The van der Waals surface area contributed by atoms with E-state index in [1.165, 1.54) is 24.3 Å². The standard InChI is InChI=1S/C12H8ClF3N2O2S/c13-11-7-8(6-10(17-11)12(14,15)16)18-21(19,20)9-4-2-1-3-5-9/h1-7H,(H,17,18). The second-order valence-electron chi connectivity index (χ2n) is 3.98. The molecule has 0 aliphatic heterocycles. The van der Waals surface area contributed by atoms with Crippen LogP contribution in [-0.4, -0.2) is 13.4 Å². The number of halogens is 4. The van der Waals surface area contributed by atoms with Crippen molar-refractivity contribution >= 4 is 27.3 Å². The number of rotatable bonds is 3. The van der Waals surface area contributed by atoms with Crippen molar-refractivity contribution in [1.29, 1.82) is 0 Å². The number of anilines is 1. The van der Waals surface area contributed by atoms with Gasteiger partial charge in [0.2, 0.25) is 0 Å². The molecule has 0 unspecified atom stereocenters. The van der Waals surface area contributed by atoms with E-state index in [4.69, 9.17) is 11.6 Å². The van der Waals surface area contributed by atoms with Crippen LogP contribution in [0.1, 0.15) is 5.69 Å². The highest BCUT2D eigenvalue weighted by atomic mass is 35.5. The molecular weight excluding hydrogens is 329 g/mol. The first kappa shape index (κ1) is 15.6. The van der Waals surface area contributed by atoms with Gasteiger partial charge in [-0.25, -0.2) is 13.4 Å². The molecule has 0 saturated heterocycles. The van der Waals surface area contributed by atoms with E-state index in [0.717, 1.165) is 6.07 Å². The fourth-order valence-corrected chi connectivity index (χ4v) is 2.78. The predicted octanol–water partition coefficient (Wildman–Crippen LogP) is 3.55. The highest BCUT2D eigenvalue weighted by molar-refractivity contribution is 7.92. The first-order chi connectivity index (χ1) is 9.68. The van der Waals surface area contributed by atoms with E-state index in [2.05, 4.69) is 4.98 Å². The van der Waals surface area contributed by atoms with Crippen molar-refractivity contribution in [2.45, 2.75) is 11.1 Å². The van der Waals surface area contributed by atoms with Crippen molar-refractivity contribution in [1.82, 2.24) is 4.98 Å². The topological polar surface area (TPSA) is 59.1 Å². The van der Waals surface area contributed by atoms with Crippen LogP contribution in [0.15, 0.2) is 47.4 Å². The summed E-state index contributed by atoms with van der Waals surface area (Å²) in [5, 5.41) is -0.462. The van der Waals surface area contributed by atoms with Gasteiger partial charge in [0.1, 0.15) is 10.8 Å². The lowest BCUT2D eigenvalue weighted by atomic mass is 10.3. The minimum atomic E-state index is -4.72. The van der Waals surface area contributed by atoms with Gasteiger partial charge in [0, 0.05) is 0 Å². The zero-order valence-corrected chi connectivity index (χ0v) is 11.8. The fraction of sp³-hybridized carbons (Fsp3) is 0.0833. The van der Waals surface area contributed by atoms with Gasteiger partial charge in [-0.15, -0.1) is 0 Å². The average Bonchev–Trinajstić information content (AvgIpc) is 2.37. The number of nitrogens with zero attached hydrogens (tertiary/aromatic N) is 1. The molecule has 1 heterocycles. The van der Waals surface area contributed by atoms with Crippen LogP contribution in [0.5, 0.6) is 0 Å². The maximum absolute atomic E-state index is 12.6. The number of alkyl halides is 3. The largest absolute Gasteiger partial charge is 0.433 e. The maximum Gasteiger partial charge on any atom is 0.433 e. The molecule has 2 rings (SSSR count). The third-order valence-electron chi connectivity index (χ3n) is 2.39. The Morgan fingerprint density at radius 3 is 2.29 bits per heavy atom. The summed E-state index contributed by atoms with van der Waals surface area (Å²) in [4.78, 5) is 3.04. The van der Waals surface area contributed by atoms with Crippen LogP contribution in [0.25, 0.3) is 0 Å². The summed E-state index contributed by atoms with van der Waals surface area (Å²) in [5.41, 5.74) is -1.59. The highest BCUT2D eigenvalue weighted by Gasteiger charge is 2.33. The minimum Gasteiger partial charge on any atom is -0.279 e. The lowest BCUT2D eigenvalue weighted by Crippen LogP contribution is -2.15. The summed E-state index contributed by atoms with van der Waals surface area (Å²) in [7, 11) is -4.00. The van der Waals surface area contributed by atoms with Crippen LogP contribution in [0.3, 0.4) is 0 Å². The number of pyridine rings is 1. The van der Waals surface area contributed by atoms with Crippen LogP contribution < -0.4 is 4.72 Å². The van der Waals surface area contributed by atoms with Crippen LogP contribution in [0.2, 0.25) is 5.15 Å². The van der Waals surface area contributed by atoms with Gasteiger partial charge in [0.05, 0.1) is 10.6 Å². The quantitative estimate of drug-likeness (QED) is 0.872. The van der Waals surface area contributed by atoms with Crippen molar-refractivity contribution in [3.63, 3.8) is 0 Å². The van der Waals surface area contributed by atoms with E-state index in [1.807, 2.05) is 4.72 Å². The third-order valence-corrected chi connectivity index (χ3v) is 3.98. The number of aromatic nitrogens is 1. The zero-order valence-electron chi connectivity index (χ0n) is 10.2. The summed E-state index contributed by atoms with van der Waals surface area (Å²) >= 11 is 5.48. The number of nitrogens with one attached hydrogen (secondary N) is 1. The van der Waals surface area contributed by atoms with Crippen LogP contribution >= 0.6 is 11.6 Å². The molecule has 4 nitrogen and oxygen atoms in total. The first-order valence-electron chi connectivity index (χ1n) is 5.51. The molecule has 0 aliphatic carbocycles. The second kappa shape index (κ2) is 5.53. The van der Waals surface area contributed by atoms with Crippen molar-refractivity contribution in [3.8, 4) is 0 Å². The molecular formula is C12H8ClF3N2O2S. The molecule has 0 fully saturated rings.